The highest BCUT2D eigenvalue weighted by Crippen LogP contribution is 2.22. The third kappa shape index (κ3) is 5.53. The van der Waals surface area contributed by atoms with Gasteiger partial charge in [0, 0.05) is 11.7 Å². The van der Waals surface area contributed by atoms with E-state index in [2.05, 4.69) is 36.6 Å². The Bertz CT molecular complexity index is 596. The van der Waals surface area contributed by atoms with Crippen LogP contribution in [-0.2, 0) is 4.79 Å². The van der Waals surface area contributed by atoms with E-state index < -0.39 is 0 Å². The minimum absolute atomic E-state index is 0.0131. The molecule has 0 aliphatic heterocycles. The average Bonchev–Trinajstić information content (AvgIpc) is 2.55. The van der Waals surface area contributed by atoms with Crippen molar-refractivity contribution in [1.29, 1.82) is 0 Å². The maximum Gasteiger partial charge on any atom is 0.241 e. The van der Waals surface area contributed by atoms with Gasteiger partial charge in [-0.05, 0) is 37.0 Å². The second-order valence-electron chi connectivity index (χ2n) is 6.34. The molecule has 2 rings (SSSR count). The molecule has 0 heterocycles. The highest BCUT2D eigenvalue weighted by molar-refractivity contribution is 5.94. The van der Waals surface area contributed by atoms with E-state index >= 15 is 0 Å². The van der Waals surface area contributed by atoms with Crippen LogP contribution in [0.25, 0.3) is 0 Å². The Morgan fingerprint density at radius 3 is 2.04 bits per heavy atom. The predicted molar refractivity (Wildman–Crippen MR) is 96.3 cm³/mol. The first-order valence-electron chi connectivity index (χ1n) is 8.23. The number of benzene rings is 2. The Kier molecular flexibility index (Phi) is 6.36. The van der Waals surface area contributed by atoms with Crippen molar-refractivity contribution in [1.82, 2.24) is 5.32 Å². The third-order valence-electron chi connectivity index (χ3n) is 3.79. The first-order chi connectivity index (χ1) is 11.1. The molecule has 0 spiro atoms. The molecule has 0 aliphatic rings. The summed E-state index contributed by atoms with van der Waals surface area (Å²) in [5, 5.41) is 6.42. The zero-order chi connectivity index (χ0) is 16.7. The van der Waals surface area contributed by atoms with E-state index in [4.69, 9.17) is 0 Å². The first kappa shape index (κ1) is 17.2. The first-order valence-corrected chi connectivity index (χ1v) is 8.23. The summed E-state index contributed by atoms with van der Waals surface area (Å²) < 4.78 is 0. The summed E-state index contributed by atoms with van der Waals surface area (Å²) in [4.78, 5) is 12.4. The van der Waals surface area contributed by atoms with Gasteiger partial charge < -0.3 is 5.32 Å². The van der Waals surface area contributed by atoms with Crippen molar-refractivity contribution in [2.45, 2.75) is 39.3 Å². The molecule has 2 aromatic rings. The van der Waals surface area contributed by atoms with E-state index in [9.17, 15) is 4.79 Å². The van der Waals surface area contributed by atoms with Gasteiger partial charge >= 0.3 is 0 Å². The number of hydrogen-bond acceptors (Lipinski definition) is 2. The van der Waals surface area contributed by atoms with Gasteiger partial charge in [0.1, 0.15) is 0 Å². The van der Waals surface area contributed by atoms with Crippen LogP contribution < -0.4 is 10.6 Å². The maximum absolute atomic E-state index is 12.4. The average molecular weight is 310 g/mol. The van der Waals surface area contributed by atoms with Gasteiger partial charge in [-0.3, -0.25) is 10.1 Å². The molecule has 1 amide bonds. The van der Waals surface area contributed by atoms with E-state index in [1.54, 1.807) is 0 Å². The molecular weight excluding hydrogens is 284 g/mol. The standard InChI is InChI=1S/C20H26N2O/c1-15(2)14-19(17-10-6-4-7-11-17)21-16(3)20(23)22-18-12-8-5-9-13-18/h4-13,15-16,19,21H,14H2,1-3H3,(H,22,23)/t16-,19+/m1/s1. The number of hydrogen-bond donors (Lipinski definition) is 2. The lowest BCUT2D eigenvalue weighted by atomic mass is 9.96. The van der Waals surface area contributed by atoms with Crippen molar-refractivity contribution >= 4 is 11.6 Å². The van der Waals surface area contributed by atoms with Gasteiger partial charge in [0.2, 0.25) is 5.91 Å². The minimum Gasteiger partial charge on any atom is -0.325 e. The molecule has 23 heavy (non-hydrogen) atoms. The molecule has 0 saturated heterocycles. The SMILES string of the molecule is CC(C)C[C@H](N[C@H](C)C(=O)Nc1ccccc1)c1ccccc1. The highest BCUT2D eigenvalue weighted by atomic mass is 16.2. The van der Waals surface area contributed by atoms with Crippen LogP contribution in [0.3, 0.4) is 0 Å². The van der Waals surface area contributed by atoms with Crippen molar-refractivity contribution < 1.29 is 4.79 Å². The molecule has 0 radical (unpaired) electrons. The number of anilines is 1. The Hall–Kier alpha value is -2.13. The molecule has 0 saturated carbocycles. The zero-order valence-electron chi connectivity index (χ0n) is 14.1. The fraction of sp³-hybridized carbons (Fsp3) is 0.350. The Labute approximate surface area is 139 Å². The van der Waals surface area contributed by atoms with Gasteiger partial charge in [-0.25, -0.2) is 0 Å². The van der Waals surface area contributed by atoms with E-state index in [0.29, 0.717) is 5.92 Å². The molecule has 0 aromatic heterocycles. The number of carbonyl (C=O) groups is 1. The third-order valence-corrected chi connectivity index (χ3v) is 3.79. The van der Waals surface area contributed by atoms with Crippen LogP contribution in [0.15, 0.2) is 60.7 Å². The fourth-order valence-corrected chi connectivity index (χ4v) is 2.61. The topological polar surface area (TPSA) is 41.1 Å². The summed E-state index contributed by atoms with van der Waals surface area (Å²) in [6, 6.07) is 19.8. The summed E-state index contributed by atoms with van der Waals surface area (Å²) in [7, 11) is 0. The molecule has 2 aromatic carbocycles. The summed E-state index contributed by atoms with van der Waals surface area (Å²) in [6.45, 7) is 6.31. The molecule has 2 N–H and O–H groups in total. The molecular formula is C20H26N2O. The van der Waals surface area contributed by atoms with Crippen molar-refractivity contribution in [2.24, 2.45) is 5.92 Å². The smallest absolute Gasteiger partial charge is 0.241 e. The van der Waals surface area contributed by atoms with Gasteiger partial charge in [-0.2, -0.15) is 0 Å². The molecule has 3 heteroatoms. The second kappa shape index (κ2) is 8.49. The van der Waals surface area contributed by atoms with Crippen LogP contribution in [0.1, 0.15) is 38.8 Å². The lowest BCUT2D eigenvalue weighted by molar-refractivity contribution is -0.118. The number of amides is 1. The van der Waals surface area contributed by atoms with Crippen molar-refractivity contribution in [3.63, 3.8) is 0 Å². The zero-order valence-corrected chi connectivity index (χ0v) is 14.1. The Morgan fingerprint density at radius 2 is 1.48 bits per heavy atom. The molecule has 2 atom stereocenters. The van der Waals surface area contributed by atoms with Crippen LogP contribution >= 0.6 is 0 Å². The normalized spacial score (nSPS) is 13.6. The quantitative estimate of drug-likeness (QED) is 0.796. The van der Waals surface area contributed by atoms with Gasteiger partial charge in [-0.1, -0.05) is 62.4 Å². The van der Waals surface area contributed by atoms with Gasteiger partial charge in [-0.15, -0.1) is 0 Å². The molecule has 0 unspecified atom stereocenters. The predicted octanol–water partition coefficient (Wildman–Crippen LogP) is 4.39. The van der Waals surface area contributed by atoms with Crippen molar-refractivity contribution in [3.8, 4) is 0 Å². The van der Waals surface area contributed by atoms with Crippen molar-refractivity contribution in [3.05, 3.63) is 66.2 Å². The second-order valence-corrected chi connectivity index (χ2v) is 6.34. The molecule has 122 valence electrons. The van der Waals surface area contributed by atoms with E-state index in [1.807, 2.05) is 55.5 Å². The summed E-state index contributed by atoms with van der Waals surface area (Å²) in [5.74, 6) is 0.540. The van der Waals surface area contributed by atoms with E-state index in [1.165, 1.54) is 5.56 Å². The largest absolute Gasteiger partial charge is 0.325 e. The van der Waals surface area contributed by atoms with Crippen LogP contribution in [0.4, 0.5) is 5.69 Å². The molecule has 0 aliphatic carbocycles. The Morgan fingerprint density at radius 1 is 0.913 bits per heavy atom. The molecule has 0 fully saturated rings. The Balaban J connectivity index is 2.02. The van der Waals surface area contributed by atoms with Crippen LogP contribution in [-0.4, -0.2) is 11.9 Å². The van der Waals surface area contributed by atoms with Crippen molar-refractivity contribution in [2.75, 3.05) is 5.32 Å². The maximum atomic E-state index is 12.4. The number of carbonyl (C=O) groups excluding carboxylic acids is 1. The van der Waals surface area contributed by atoms with E-state index in [0.717, 1.165) is 12.1 Å². The lowest BCUT2D eigenvalue weighted by Crippen LogP contribution is -2.40. The van der Waals surface area contributed by atoms with Crippen LogP contribution in [0.2, 0.25) is 0 Å². The van der Waals surface area contributed by atoms with Crippen LogP contribution in [0.5, 0.6) is 0 Å². The molecule has 3 nitrogen and oxygen atoms in total. The van der Waals surface area contributed by atoms with E-state index in [-0.39, 0.29) is 18.0 Å². The number of para-hydroxylation sites is 1. The molecule has 0 bridgehead atoms. The number of nitrogens with one attached hydrogen (secondary N) is 2. The monoisotopic (exact) mass is 310 g/mol. The fourth-order valence-electron chi connectivity index (χ4n) is 2.61. The van der Waals surface area contributed by atoms with Gasteiger partial charge in [0.05, 0.1) is 6.04 Å². The summed E-state index contributed by atoms with van der Waals surface area (Å²) in [6.07, 6.45) is 0.993. The summed E-state index contributed by atoms with van der Waals surface area (Å²) >= 11 is 0. The minimum atomic E-state index is -0.265. The highest BCUT2D eigenvalue weighted by Gasteiger charge is 2.20. The number of rotatable bonds is 7. The van der Waals surface area contributed by atoms with Crippen LogP contribution in [0, 0.1) is 5.92 Å². The van der Waals surface area contributed by atoms with Gasteiger partial charge in [0.25, 0.3) is 0 Å². The van der Waals surface area contributed by atoms with Gasteiger partial charge in [0.15, 0.2) is 0 Å². The lowest BCUT2D eigenvalue weighted by Gasteiger charge is -2.25. The summed E-state index contributed by atoms with van der Waals surface area (Å²) in [5.41, 5.74) is 2.05.